The Morgan fingerprint density at radius 2 is 1.84 bits per heavy atom. The van der Waals surface area contributed by atoms with Gasteiger partial charge in [0, 0.05) is 24.8 Å². The number of hydrogen-bond donors (Lipinski definition) is 3. The fraction of sp³-hybridized carbons (Fsp3) is 0.409. The van der Waals surface area contributed by atoms with Crippen LogP contribution in [0.5, 0.6) is 5.75 Å². The van der Waals surface area contributed by atoms with Crippen molar-refractivity contribution in [2.75, 3.05) is 13.7 Å². The monoisotopic (exact) mass is 561 g/mol. The van der Waals surface area contributed by atoms with Gasteiger partial charge in [-0.1, -0.05) is 35.9 Å². The lowest BCUT2D eigenvalue weighted by atomic mass is 9.92. The first-order valence-corrected chi connectivity index (χ1v) is 11.1. The Balaban J connectivity index is 1.72. The molecule has 0 saturated carbocycles. The zero-order chi connectivity index (χ0) is 22.4. The predicted octanol–water partition coefficient (Wildman–Crippen LogP) is 3.25. The molecule has 31 heavy (non-hydrogen) atoms. The van der Waals surface area contributed by atoms with Gasteiger partial charge in [0.1, 0.15) is 30.2 Å². The highest BCUT2D eigenvalue weighted by Crippen LogP contribution is 2.34. The molecule has 0 amide bonds. The number of methoxy groups -OCH3 is 1. The van der Waals surface area contributed by atoms with E-state index in [0.29, 0.717) is 23.6 Å². The number of rotatable bonds is 8. The Labute approximate surface area is 200 Å². The smallest absolute Gasteiger partial charge is 0.186 e. The number of halogens is 2. The van der Waals surface area contributed by atoms with Crippen molar-refractivity contribution in [3.63, 3.8) is 0 Å². The molecule has 3 rings (SSSR count). The number of aliphatic hydroxyl groups is 3. The predicted molar refractivity (Wildman–Crippen MR) is 126 cm³/mol. The van der Waals surface area contributed by atoms with E-state index in [-0.39, 0.29) is 0 Å². The molecule has 1 heterocycles. The van der Waals surface area contributed by atoms with Crippen LogP contribution in [-0.4, -0.2) is 59.9 Å². The maximum Gasteiger partial charge on any atom is 0.186 e. The van der Waals surface area contributed by atoms with Gasteiger partial charge in [-0.25, -0.2) is 3.21 Å². The van der Waals surface area contributed by atoms with Crippen molar-refractivity contribution in [2.24, 2.45) is 3.21 Å². The Morgan fingerprint density at radius 1 is 1.10 bits per heavy atom. The van der Waals surface area contributed by atoms with Crippen molar-refractivity contribution in [3.8, 4) is 5.75 Å². The van der Waals surface area contributed by atoms with Gasteiger partial charge in [-0.3, -0.25) is 0 Å². The van der Waals surface area contributed by atoms with E-state index in [0.717, 1.165) is 23.3 Å². The van der Waals surface area contributed by atoms with E-state index in [9.17, 15) is 15.3 Å². The Hall–Kier alpha value is -1.27. The topological polar surface area (TPSA) is 101 Å². The molecular formula is C22H25ClINO6. The zero-order valence-electron chi connectivity index (χ0n) is 16.9. The van der Waals surface area contributed by atoms with Crippen molar-refractivity contribution in [1.82, 2.24) is 0 Å². The molecule has 5 atom stereocenters. The van der Waals surface area contributed by atoms with Crippen molar-refractivity contribution in [3.05, 3.63) is 64.2 Å². The van der Waals surface area contributed by atoms with Gasteiger partial charge in [0.15, 0.2) is 6.29 Å². The summed E-state index contributed by atoms with van der Waals surface area (Å²) >= 11 is 8.34. The maximum atomic E-state index is 10.4. The Morgan fingerprint density at radius 3 is 2.52 bits per heavy atom. The molecule has 1 aliphatic heterocycles. The molecule has 2 unspecified atom stereocenters. The van der Waals surface area contributed by atoms with Crippen LogP contribution in [0.3, 0.4) is 0 Å². The highest BCUT2D eigenvalue weighted by atomic mass is 127. The fourth-order valence-electron chi connectivity index (χ4n) is 3.43. The minimum atomic E-state index is -1.39. The number of aliphatic hydroxyl groups excluding tert-OH is 3. The summed E-state index contributed by atoms with van der Waals surface area (Å²) in [5.74, 6) is 0.780. The first-order valence-electron chi connectivity index (χ1n) is 9.80. The van der Waals surface area contributed by atoms with E-state index >= 15 is 0 Å². The van der Waals surface area contributed by atoms with Crippen LogP contribution < -0.4 is 4.74 Å². The second-order valence-corrected chi connectivity index (χ2v) is 8.19. The summed E-state index contributed by atoms with van der Waals surface area (Å²) in [6, 6.07) is 13.0. The molecule has 0 aromatic heterocycles. The molecule has 3 N–H and O–H groups in total. The summed E-state index contributed by atoms with van der Waals surface area (Å²) in [6.45, 7) is 0.562. The van der Waals surface area contributed by atoms with E-state index in [1.807, 2.05) is 53.2 Å². The normalized spacial score (nSPS) is 26.3. The van der Waals surface area contributed by atoms with E-state index in [1.54, 1.807) is 18.3 Å². The summed E-state index contributed by atoms with van der Waals surface area (Å²) < 4.78 is 20.3. The standard InChI is InChI=1S/C22H25ClINO6/c1-29-22-20(28)18(26)19(27)21(31-22)14-5-8-17(23)15(12-14)11-13-3-6-16(7-4-13)30-10-2-9-25-24/h3-9,12,18-22,26-28H,2,10-11H2,1H3/t18-,19?,20+,21?,22+/m1/s1. The van der Waals surface area contributed by atoms with Crippen LogP contribution in [0.25, 0.3) is 0 Å². The Bertz CT molecular complexity index is 879. The van der Waals surface area contributed by atoms with Crippen LogP contribution in [0.1, 0.15) is 29.2 Å². The van der Waals surface area contributed by atoms with Gasteiger partial charge < -0.3 is 29.5 Å². The van der Waals surface area contributed by atoms with Crippen LogP contribution in [0.2, 0.25) is 5.02 Å². The maximum absolute atomic E-state index is 10.4. The third-order valence-electron chi connectivity index (χ3n) is 5.10. The molecule has 1 fully saturated rings. The minimum absolute atomic E-state index is 0.562. The third kappa shape index (κ3) is 6.16. The second-order valence-electron chi connectivity index (χ2n) is 7.22. The van der Waals surface area contributed by atoms with E-state index < -0.39 is 30.7 Å². The first kappa shape index (κ1) is 24.4. The molecule has 1 aliphatic rings. The van der Waals surface area contributed by atoms with Gasteiger partial charge in [-0.2, -0.15) is 0 Å². The molecule has 1 saturated heterocycles. The van der Waals surface area contributed by atoms with Crippen molar-refractivity contribution < 1.29 is 29.5 Å². The summed E-state index contributed by atoms with van der Waals surface area (Å²) in [5.41, 5.74) is 2.52. The average molecular weight is 562 g/mol. The Kier molecular flexibility index (Phi) is 9.08. The second kappa shape index (κ2) is 11.6. The fourth-order valence-corrected chi connectivity index (χ4v) is 3.89. The number of nitrogens with zero attached hydrogens (tertiary/aromatic N) is 1. The van der Waals surface area contributed by atoms with E-state index in [4.69, 9.17) is 25.8 Å². The summed E-state index contributed by atoms with van der Waals surface area (Å²) in [6.07, 6.45) is -2.82. The molecule has 2 aromatic rings. The van der Waals surface area contributed by atoms with E-state index in [1.165, 1.54) is 7.11 Å². The van der Waals surface area contributed by atoms with Crippen LogP contribution in [-0.2, 0) is 15.9 Å². The lowest BCUT2D eigenvalue weighted by molar-refractivity contribution is -0.292. The summed E-state index contributed by atoms with van der Waals surface area (Å²) in [7, 11) is 1.37. The van der Waals surface area contributed by atoms with Gasteiger partial charge in [0.05, 0.1) is 29.5 Å². The van der Waals surface area contributed by atoms with Gasteiger partial charge >= 0.3 is 0 Å². The van der Waals surface area contributed by atoms with Crippen LogP contribution >= 0.6 is 34.5 Å². The highest BCUT2D eigenvalue weighted by Gasteiger charge is 2.44. The highest BCUT2D eigenvalue weighted by molar-refractivity contribution is 14.1. The molecule has 9 heteroatoms. The SMILES string of the molecule is CO[C@H]1OC(c2ccc(Cl)c(Cc3ccc(OCCC=NI)cc3)c2)C(O)[C@@H](O)[C@@H]1O. The van der Waals surface area contributed by atoms with Gasteiger partial charge in [0.2, 0.25) is 0 Å². The average Bonchev–Trinajstić information content (AvgIpc) is 2.78. The third-order valence-corrected chi connectivity index (χ3v) is 5.87. The lowest BCUT2D eigenvalue weighted by Gasteiger charge is -2.40. The zero-order valence-corrected chi connectivity index (χ0v) is 19.8. The van der Waals surface area contributed by atoms with Crippen molar-refractivity contribution in [1.29, 1.82) is 0 Å². The largest absolute Gasteiger partial charge is 0.493 e. The van der Waals surface area contributed by atoms with Crippen molar-refractivity contribution >= 4 is 40.7 Å². The van der Waals surface area contributed by atoms with Crippen LogP contribution in [0, 0.1) is 0 Å². The molecule has 0 radical (unpaired) electrons. The molecule has 2 aromatic carbocycles. The number of ether oxygens (including phenoxy) is 3. The molecule has 7 nitrogen and oxygen atoms in total. The van der Waals surface area contributed by atoms with E-state index in [2.05, 4.69) is 3.21 Å². The number of hydrogen-bond acceptors (Lipinski definition) is 7. The van der Waals surface area contributed by atoms with Crippen LogP contribution in [0.15, 0.2) is 45.7 Å². The van der Waals surface area contributed by atoms with Crippen molar-refractivity contribution in [2.45, 2.75) is 43.5 Å². The minimum Gasteiger partial charge on any atom is -0.493 e. The molecule has 0 spiro atoms. The van der Waals surface area contributed by atoms with Gasteiger partial charge in [0.25, 0.3) is 0 Å². The molecule has 0 aliphatic carbocycles. The van der Waals surface area contributed by atoms with Gasteiger partial charge in [-0.15, -0.1) is 0 Å². The molecular weight excluding hydrogens is 537 g/mol. The number of benzene rings is 2. The molecule has 0 bridgehead atoms. The van der Waals surface area contributed by atoms with Gasteiger partial charge in [-0.05, 0) is 41.3 Å². The summed E-state index contributed by atoms with van der Waals surface area (Å²) in [5, 5.41) is 31.1. The molecule has 168 valence electrons. The quantitative estimate of drug-likeness (QED) is 0.260. The lowest BCUT2D eigenvalue weighted by Crippen LogP contribution is -2.54. The summed E-state index contributed by atoms with van der Waals surface area (Å²) in [4.78, 5) is 0. The first-order chi connectivity index (χ1) is 14.9. The van der Waals surface area contributed by atoms with Crippen LogP contribution in [0.4, 0.5) is 0 Å².